The molecule has 3 aliphatic heterocycles. The van der Waals surface area contributed by atoms with Crippen molar-refractivity contribution in [1.82, 2.24) is 4.98 Å². The maximum Gasteiger partial charge on any atom is 0.131 e. The molecule has 2 bridgehead atoms. The molecule has 6 aromatic rings. The first-order chi connectivity index (χ1) is 19.1. The molecule has 4 heteroatoms. The number of hydrogen-bond donors (Lipinski definition) is 1. The molecular formula is C36H35BrN2O. The SMILES string of the molecule is CC[C@H]1C[N+]2(Cc3cc4cccc5ccc6cccc3c6c54)CC[C@H]1C[C@H]2[C@@H](O)c1ccnc2ccccc12.[Br-]. The minimum atomic E-state index is -0.505. The van der Waals surface area contributed by atoms with Crippen LogP contribution in [0.25, 0.3) is 43.2 Å². The molecule has 0 aliphatic carbocycles. The molecule has 0 spiro atoms. The molecule has 1 unspecified atom stereocenters. The third-order valence-corrected chi connectivity index (χ3v) is 10.4. The van der Waals surface area contributed by atoms with Crippen LogP contribution in [0, 0.1) is 11.8 Å². The van der Waals surface area contributed by atoms with Crippen LogP contribution in [0.1, 0.15) is 43.4 Å². The van der Waals surface area contributed by atoms with Crippen LogP contribution >= 0.6 is 0 Å². The summed E-state index contributed by atoms with van der Waals surface area (Å²) in [6, 6.07) is 31.0. The molecule has 9 rings (SSSR count). The first-order valence-electron chi connectivity index (χ1n) is 14.7. The number of para-hydroxylation sites is 1. The summed E-state index contributed by atoms with van der Waals surface area (Å²) in [6.45, 7) is 5.64. The van der Waals surface area contributed by atoms with E-state index in [1.54, 1.807) is 0 Å². The van der Waals surface area contributed by atoms with Gasteiger partial charge in [-0.3, -0.25) is 4.98 Å². The van der Waals surface area contributed by atoms with Gasteiger partial charge in [0.25, 0.3) is 0 Å². The number of quaternary nitrogens is 1. The van der Waals surface area contributed by atoms with Crippen molar-refractivity contribution in [2.75, 3.05) is 13.1 Å². The first-order valence-corrected chi connectivity index (χ1v) is 14.7. The molecule has 4 heterocycles. The predicted molar refractivity (Wildman–Crippen MR) is 161 cm³/mol. The predicted octanol–water partition coefficient (Wildman–Crippen LogP) is 5.01. The van der Waals surface area contributed by atoms with Gasteiger partial charge < -0.3 is 26.6 Å². The Balaban J connectivity index is 0.00000264. The van der Waals surface area contributed by atoms with Gasteiger partial charge in [0.2, 0.25) is 0 Å². The molecule has 5 atom stereocenters. The third-order valence-electron chi connectivity index (χ3n) is 10.4. The lowest BCUT2D eigenvalue weighted by Crippen LogP contribution is -3.00. The van der Waals surface area contributed by atoms with E-state index in [1.807, 2.05) is 12.3 Å². The summed E-state index contributed by atoms with van der Waals surface area (Å²) >= 11 is 0. The van der Waals surface area contributed by atoms with E-state index in [0.29, 0.717) is 5.92 Å². The summed E-state index contributed by atoms with van der Waals surface area (Å²) in [4.78, 5) is 4.59. The summed E-state index contributed by atoms with van der Waals surface area (Å²) < 4.78 is 0.979. The second-order valence-corrected chi connectivity index (χ2v) is 12.2. The van der Waals surface area contributed by atoms with E-state index in [4.69, 9.17) is 0 Å². The Morgan fingerprint density at radius 3 is 2.48 bits per heavy atom. The quantitative estimate of drug-likeness (QED) is 0.226. The van der Waals surface area contributed by atoms with E-state index >= 15 is 0 Å². The molecule has 1 N–H and O–H groups in total. The second kappa shape index (κ2) is 9.80. The molecule has 0 radical (unpaired) electrons. The molecule has 3 nitrogen and oxygen atoms in total. The highest BCUT2D eigenvalue weighted by atomic mass is 79.9. The standard InChI is InChI=1S/C36H35N2O.BrH/c1-2-23-21-38(18-16-26(23)20-33(38)36(39)31-15-17-37-32-12-4-3-10-30(31)32)22-28-19-27-9-5-7-24-13-14-25-8-6-11-29(28)35(25)34(24)27;/h3-15,17,19,23,26,33,36,39H,2,16,18,20-22H2,1H3;1H/q+1;/p-1/t23-,26-,33-,36-,38?;/m0./s1. The number of aromatic nitrogens is 1. The molecule has 1 aromatic heterocycles. The Kier molecular flexibility index (Phi) is 6.34. The number of nitrogens with zero attached hydrogens (tertiary/aromatic N) is 2. The van der Waals surface area contributed by atoms with E-state index in [1.165, 1.54) is 50.7 Å². The van der Waals surface area contributed by atoms with Gasteiger partial charge in [0.05, 0.1) is 18.6 Å². The lowest BCUT2D eigenvalue weighted by Gasteiger charge is -2.58. The van der Waals surface area contributed by atoms with Gasteiger partial charge in [-0.25, -0.2) is 0 Å². The molecule has 3 fully saturated rings. The number of aliphatic hydroxyl groups is 1. The maximum absolute atomic E-state index is 12.2. The zero-order chi connectivity index (χ0) is 26.1. The van der Waals surface area contributed by atoms with Crippen LogP contribution in [0.2, 0.25) is 0 Å². The van der Waals surface area contributed by atoms with Gasteiger partial charge in [-0.05, 0) is 68.4 Å². The largest absolute Gasteiger partial charge is 1.00 e. The number of halogens is 1. The third kappa shape index (κ3) is 3.80. The minimum Gasteiger partial charge on any atom is -1.00 e. The van der Waals surface area contributed by atoms with E-state index in [2.05, 4.69) is 90.8 Å². The van der Waals surface area contributed by atoms with Gasteiger partial charge in [-0.1, -0.05) is 73.7 Å². The molecule has 5 aromatic carbocycles. The number of benzene rings is 5. The molecule has 0 amide bonds. The maximum atomic E-state index is 12.2. The van der Waals surface area contributed by atoms with Crippen LogP contribution in [0.5, 0.6) is 0 Å². The highest BCUT2D eigenvalue weighted by Gasteiger charge is 2.54. The smallest absolute Gasteiger partial charge is 0.131 e. The molecule has 202 valence electrons. The topological polar surface area (TPSA) is 33.1 Å². The summed E-state index contributed by atoms with van der Waals surface area (Å²) in [5, 5.41) is 21.4. The Hall–Kier alpha value is -3.05. The van der Waals surface area contributed by atoms with Crippen LogP contribution in [0.15, 0.2) is 91.1 Å². The van der Waals surface area contributed by atoms with E-state index in [9.17, 15) is 5.11 Å². The summed E-state index contributed by atoms with van der Waals surface area (Å²) in [5.74, 6) is 1.44. The van der Waals surface area contributed by atoms with Crippen LogP contribution in [-0.4, -0.2) is 33.7 Å². The van der Waals surface area contributed by atoms with Crippen molar-refractivity contribution in [2.24, 2.45) is 11.8 Å². The van der Waals surface area contributed by atoms with Gasteiger partial charge >= 0.3 is 0 Å². The second-order valence-electron chi connectivity index (χ2n) is 12.2. The van der Waals surface area contributed by atoms with Crippen LogP contribution < -0.4 is 17.0 Å². The van der Waals surface area contributed by atoms with Gasteiger partial charge in [0.15, 0.2) is 0 Å². The number of piperidine rings is 3. The lowest BCUT2D eigenvalue weighted by molar-refractivity contribution is -0.985. The molecule has 0 saturated carbocycles. The average molecular weight is 592 g/mol. The molecule has 3 saturated heterocycles. The lowest BCUT2D eigenvalue weighted by atomic mass is 9.70. The van der Waals surface area contributed by atoms with Crippen LogP contribution in [0.3, 0.4) is 0 Å². The van der Waals surface area contributed by atoms with Crippen LogP contribution in [-0.2, 0) is 6.54 Å². The van der Waals surface area contributed by atoms with Gasteiger partial charge in [0.1, 0.15) is 18.7 Å². The van der Waals surface area contributed by atoms with Crippen molar-refractivity contribution < 1.29 is 26.6 Å². The van der Waals surface area contributed by atoms with Crippen molar-refractivity contribution in [2.45, 2.75) is 44.9 Å². The van der Waals surface area contributed by atoms with Crippen LogP contribution in [0.4, 0.5) is 0 Å². The Morgan fingerprint density at radius 1 is 0.875 bits per heavy atom. The van der Waals surface area contributed by atoms with E-state index in [-0.39, 0.29) is 23.0 Å². The number of rotatable bonds is 5. The Morgan fingerprint density at radius 2 is 1.62 bits per heavy atom. The fourth-order valence-electron chi connectivity index (χ4n) is 8.55. The van der Waals surface area contributed by atoms with Crippen molar-refractivity contribution in [3.63, 3.8) is 0 Å². The first kappa shape index (κ1) is 25.9. The average Bonchev–Trinajstić information content (AvgIpc) is 2.99. The van der Waals surface area contributed by atoms with Crippen molar-refractivity contribution >= 4 is 43.2 Å². The zero-order valence-electron chi connectivity index (χ0n) is 22.9. The highest BCUT2D eigenvalue weighted by Crippen LogP contribution is 2.49. The number of pyridine rings is 1. The van der Waals surface area contributed by atoms with Crippen molar-refractivity contribution in [3.05, 3.63) is 102 Å². The fourth-order valence-corrected chi connectivity index (χ4v) is 8.55. The van der Waals surface area contributed by atoms with E-state index in [0.717, 1.165) is 52.9 Å². The van der Waals surface area contributed by atoms with Gasteiger partial charge in [-0.2, -0.15) is 0 Å². The Labute approximate surface area is 246 Å². The van der Waals surface area contributed by atoms with Crippen molar-refractivity contribution in [3.8, 4) is 0 Å². The number of fused-ring (bicyclic) bond motifs is 4. The highest BCUT2D eigenvalue weighted by molar-refractivity contribution is 6.23. The summed E-state index contributed by atoms with van der Waals surface area (Å²) in [7, 11) is 0. The molecular weight excluding hydrogens is 556 g/mol. The molecule has 3 aliphatic rings. The van der Waals surface area contributed by atoms with Gasteiger partial charge in [-0.15, -0.1) is 0 Å². The number of aliphatic hydroxyl groups excluding tert-OH is 1. The van der Waals surface area contributed by atoms with Gasteiger partial charge in [0, 0.05) is 35.9 Å². The van der Waals surface area contributed by atoms with Crippen molar-refractivity contribution in [1.29, 1.82) is 0 Å². The summed E-state index contributed by atoms with van der Waals surface area (Å²) in [5.41, 5.74) is 3.44. The fraction of sp³-hybridized carbons (Fsp3) is 0.306. The monoisotopic (exact) mass is 590 g/mol. The minimum absolute atomic E-state index is 0. The normalized spacial score (nSPS) is 25.1. The zero-order valence-corrected chi connectivity index (χ0v) is 24.5. The van der Waals surface area contributed by atoms with E-state index < -0.39 is 6.10 Å². The Bertz CT molecular complexity index is 1840. The number of hydrogen-bond acceptors (Lipinski definition) is 2. The molecule has 40 heavy (non-hydrogen) atoms. The summed E-state index contributed by atoms with van der Waals surface area (Å²) in [6.07, 6.45) is 4.96.